The highest BCUT2D eigenvalue weighted by atomic mass is 16.5. The van der Waals surface area contributed by atoms with E-state index < -0.39 is 6.10 Å². The number of carbonyl (C=O) groups excluding carboxylic acids is 1. The molecule has 0 aromatic carbocycles. The van der Waals surface area contributed by atoms with Crippen LogP contribution in [0.5, 0.6) is 0 Å². The molecule has 4 atom stereocenters. The van der Waals surface area contributed by atoms with E-state index in [1.165, 1.54) is 0 Å². The van der Waals surface area contributed by atoms with Crippen molar-refractivity contribution in [3.05, 3.63) is 0 Å². The summed E-state index contributed by atoms with van der Waals surface area (Å²) in [5.74, 6) is -0.585. The quantitative estimate of drug-likeness (QED) is 0.599. The van der Waals surface area contributed by atoms with Gasteiger partial charge >= 0.3 is 5.97 Å². The molecule has 1 fully saturated rings. The first kappa shape index (κ1) is 9.52. The van der Waals surface area contributed by atoms with Crippen LogP contribution in [0.3, 0.4) is 0 Å². The molecule has 1 aliphatic heterocycles. The highest BCUT2D eigenvalue weighted by molar-refractivity contribution is 5.73. The first-order chi connectivity index (χ1) is 5.57. The summed E-state index contributed by atoms with van der Waals surface area (Å²) in [6, 6.07) is 0. The maximum Gasteiger partial charge on any atom is 0.311 e. The van der Waals surface area contributed by atoms with Crippen LogP contribution in [-0.4, -0.2) is 23.3 Å². The monoisotopic (exact) mass is 172 g/mol. The van der Waals surface area contributed by atoms with Crippen molar-refractivity contribution in [3.63, 3.8) is 0 Å². The fourth-order valence-corrected chi connectivity index (χ4v) is 1.63. The molecule has 0 aromatic rings. The maximum atomic E-state index is 11.1. The fourth-order valence-electron chi connectivity index (χ4n) is 1.63. The molecule has 1 aliphatic rings. The Bertz CT molecular complexity index is 177. The summed E-state index contributed by atoms with van der Waals surface area (Å²) < 4.78 is 5.13. The summed E-state index contributed by atoms with van der Waals surface area (Å²) in [5, 5.41) is 9.62. The van der Waals surface area contributed by atoms with Gasteiger partial charge in [-0.1, -0.05) is 13.8 Å². The third-order valence-corrected chi connectivity index (χ3v) is 2.68. The van der Waals surface area contributed by atoms with Crippen LogP contribution >= 0.6 is 0 Å². The SMILES string of the molecule is CC[C@H]1OC(=O)[C@@H](C)[C@H](O)[C@H]1C. The Morgan fingerprint density at radius 2 is 2.08 bits per heavy atom. The van der Waals surface area contributed by atoms with Gasteiger partial charge in [0.2, 0.25) is 0 Å². The Morgan fingerprint density at radius 1 is 1.50 bits per heavy atom. The molecule has 0 radical (unpaired) electrons. The van der Waals surface area contributed by atoms with Crippen LogP contribution in [-0.2, 0) is 9.53 Å². The topological polar surface area (TPSA) is 46.5 Å². The van der Waals surface area contributed by atoms with E-state index in [2.05, 4.69) is 0 Å². The van der Waals surface area contributed by atoms with Crippen molar-refractivity contribution < 1.29 is 14.6 Å². The fraction of sp³-hybridized carbons (Fsp3) is 0.889. The molecule has 1 N–H and O–H groups in total. The zero-order chi connectivity index (χ0) is 9.30. The van der Waals surface area contributed by atoms with E-state index in [1.54, 1.807) is 6.92 Å². The molecule has 0 unspecified atom stereocenters. The van der Waals surface area contributed by atoms with Gasteiger partial charge in [-0.05, 0) is 13.3 Å². The van der Waals surface area contributed by atoms with Gasteiger partial charge in [0, 0.05) is 5.92 Å². The summed E-state index contributed by atoms with van der Waals surface area (Å²) in [7, 11) is 0. The first-order valence-corrected chi connectivity index (χ1v) is 4.46. The predicted octanol–water partition coefficient (Wildman–Crippen LogP) is 0.955. The molecule has 12 heavy (non-hydrogen) atoms. The van der Waals surface area contributed by atoms with E-state index in [0.717, 1.165) is 6.42 Å². The highest BCUT2D eigenvalue weighted by Gasteiger charge is 2.39. The predicted molar refractivity (Wildman–Crippen MR) is 44.5 cm³/mol. The Kier molecular flexibility index (Phi) is 2.73. The van der Waals surface area contributed by atoms with E-state index in [-0.39, 0.29) is 23.9 Å². The van der Waals surface area contributed by atoms with Crippen molar-refractivity contribution in [2.24, 2.45) is 11.8 Å². The van der Waals surface area contributed by atoms with Gasteiger partial charge in [-0.15, -0.1) is 0 Å². The van der Waals surface area contributed by atoms with Crippen molar-refractivity contribution >= 4 is 5.97 Å². The molecule has 0 amide bonds. The second-order valence-electron chi connectivity index (χ2n) is 3.52. The van der Waals surface area contributed by atoms with Crippen molar-refractivity contribution in [1.29, 1.82) is 0 Å². The van der Waals surface area contributed by atoms with Crippen LogP contribution in [0.2, 0.25) is 0 Å². The Labute approximate surface area is 72.7 Å². The largest absolute Gasteiger partial charge is 0.462 e. The van der Waals surface area contributed by atoms with E-state index >= 15 is 0 Å². The summed E-state index contributed by atoms with van der Waals surface area (Å²) in [5.41, 5.74) is 0. The number of aliphatic hydroxyl groups excluding tert-OH is 1. The Hall–Kier alpha value is -0.570. The minimum atomic E-state index is -0.545. The third-order valence-electron chi connectivity index (χ3n) is 2.68. The Balaban J connectivity index is 2.70. The van der Waals surface area contributed by atoms with Crippen molar-refractivity contribution in [1.82, 2.24) is 0 Å². The normalized spacial score (nSPS) is 42.5. The molecule has 3 nitrogen and oxygen atoms in total. The van der Waals surface area contributed by atoms with Crippen LogP contribution in [0.15, 0.2) is 0 Å². The van der Waals surface area contributed by atoms with Crippen LogP contribution in [0, 0.1) is 11.8 Å². The van der Waals surface area contributed by atoms with Gasteiger partial charge in [0.05, 0.1) is 12.0 Å². The Morgan fingerprint density at radius 3 is 2.58 bits per heavy atom. The lowest BCUT2D eigenvalue weighted by Crippen LogP contribution is -2.46. The minimum Gasteiger partial charge on any atom is -0.462 e. The average Bonchev–Trinajstić information content (AvgIpc) is 2.08. The summed E-state index contributed by atoms with van der Waals surface area (Å²) in [6.07, 6.45) is 0.122. The van der Waals surface area contributed by atoms with Gasteiger partial charge in [0.15, 0.2) is 0 Å². The molecular weight excluding hydrogens is 156 g/mol. The zero-order valence-corrected chi connectivity index (χ0v) is 7.78. The van der Waals surface area contributed by atoms with Gasteiger partial charge in [0.1, 0.15) is 6.10 Å². The van der Waals surface area contributed by atoms with Crippen molar-refractivity contribution in [2.45, 2.75) is 39.4 Å². The van der Waals surface area contributed by atoms with Crippen molar-refractivity contribution in [2.75, 3.05) is 0 Å². The summed E-state index contributed by atoms with van der Waals surface area (Å²) in [6.45, 7) is 5.58. The maximum absolute atomic E-state index is 11.1. The molecule has 0 aromatic heterocycles. The van der Waals surface area contributed by atoms with Crippen LogP contribution < -0.4 is 0 Å². The standard InChI is InChI=1S/C9H16O3/c1-4-7-5(2)8(10)6(3)9(11)12-7/h5-8,10H,4H2,1-3H3/t5-,6-,7+,8+/m0/s1. The van der Waals surface area contributed by atoms with Gasteiger partial charge in [0.25, 0.3) is 0 Å². The molecule has 1 saturated heterocycles. The molecule has 0 spiro atoms. The average molecular weight is 172 g/mol. The molecule has 1 rings (SSSR count). The zero-order valence-electron chi connectivity index (χ0n) is 7.78. The second kappa shape index (κ2) is 3.44. The highest BCUT2D eigenvalue weighted by Crippen LogP contribution is 2.27. The molecule has 3 heteroatoms. The third kappa shape index (κ3) is 1.46. The van der Waals surface area contributed by atoms with Crippen molar-refractivity contribution in [3.8, 4) is 0 Å². The smallest absolute Gasteiger partial charge is 0.311 e. The molecule has 0 aliphatic carbocycles. The van der Waals surface area contributed by atoms with Gasteiger partial charge < -0.3 is 9.84 Å². The number of hydrogen-bond donors (Lipinski definition) is 1. The molecule has 0 saturated carbocycles. The number of cyclic esters (lactones) is 1. The minimum absolute atomic E-state index is 0.0581. The number of carbonyl (C=O) groups is 1. The molecule has 1 heterocycles. The molecule has 70 valence electrons. The number of hydrogen-bond acceptors (Lipinski definition) is 3. The number of esters is 1. The van der Waals surface area contributed by atoms with E-state index in [1.807, 2.05) is 13.8 Å². The molecular formula is C9H16O3. The summed E-state index contributed by atoms with van der Waals surface area (Å²) in [4.78, 5) is 11.1. The second-order valence-corrected chi connectivity index (χ2v) is 3.52. The number of aliphatic hydroxyl groups is 1. The van der Waals surface area contributed by atoms with Crippen LogP contribution in [0.1, 0.15) is 27.2 Å². The first-order valence-electron chi connectivity index (χ1n) is 4.46. The van der Waals surface area contributed by atoms with Gasteiger partial charge in [-0.25, -0.2) is 0 Å². The van der Waals surface area contributed by atoms with E-state index in [0.29, 0.717) is 0 Å². The number of ether oxygens (including phenoxy) is 1. The number of rotatable bonds is 1. The van der Waals surface area contributed by atoms with Gasteiger partial charge in [-0.2, -0.15) is 0 Å². The summed E-state index contributed by atoms with van der Waals surface area (Å²) >= 11 is 0. The lowest BCUT2D eigenvalue weighted by molar-refractivity contribution is -0.177. The van der Waals surface area contributed by atoms with E-state index in [9.17, 15) is 9.90 Å². The lowest BCUT2D eigenvalue weighted by atomic mass is 9.85. The molecule has 0 bridgehead atoms. The lowest BCUT2D eigenvalue weighted by Gasteiger charge is -2.35. The van der Waals surface area contributed by atoms with E-state index in [4.69, 9.17) is 4.74 Å². The van der Waals surface area contributed by atoms with Crippen LogP contribution in [0.4, 0.5) is 0 Å². The van der Waals surface area contributed by atoms with Crippen LogP contribution in [0.25, 0.3) is 0 Å². The van der Waals surface area contributed by atoms with Gasteiger partial charge in [-0.3, -0.25) is 4.79 Å².